The lowest BCUT2D eigenvalue weighted by Gasteiger charge is -2.21. The molecule has 0 bridgehead atoms. The Morgan fingerprint density at radius 2 is 1.64 bits per heavy atom. The van der Waals surface area contributed by atoms with Gasteiger partial charge in [-0.15, -0.1) is 0 Å². The van der Waals surface area contributed by atoms with Gasteiger partial charge in [0.15, 0.2) is 0 Å². The van der Waals surface area contributed by atoms with Gasteiger partial charge in [-0.25, -0.2) is 13.1 Å². The first-order valence-electron chi connectivity index (χ1n) is 8.17. The lowest BCUT2D eigenvalue weighted by atomic mass is 9.98. The summed E-state index contributed by atoms with van der Waals surface area (Å²) in [7, 11) is -1.87. The smallest absolute Gasteiger partial charge is 0.216 e. The molecule has 2 aromatic rings. The third kappa shape index (κ3) is 6.34. The van der Waals surface area contributed by atoms with E-state index in [4.69, 9.17) is 16.3 Å². The van der Waals surface area contributed by atoms with Crippen molar-refractivity contribution in [3.63, 3.8) is 0 Å². The SMILES string of the molecule is COc1ccc([C@@H](CC(C)C)NS(=O)(=O)Cc2ccc(Cl)cc2)cc1. The minimum atomic E-state index is -3.48. The number of hydrogen-bond acceptors (Lipinski definition) is 3. The number of methoxy groups -OCH3 is 1. The second kappa shape index (κ2) is 8.70. The zero-order valence-corrected chi connectivity index (χ0v) is 16.3. The molecule has 0 saturated heterocycles. The van der Waals surface area contributed by atoms with Crippen LogP contribution in [0.3, 0.4) is 0 Å². The van der Waals surface area contributed by atoms with Crippen LogP contribution >= 0.6 is 11.6 Å². The van der Waals surface area contributed by atoms with E-state index in [0.29, 0.717) is 22.9 Å². The molecule has 0 saturated carbocycles. The van der Waals surface area contributed by atoms with E-state index >= 15 is 0 Å². The molecule has 2 aromatic carbocycles. The first-order chi connectivity index (χ1) is 11.8. The Kier molecular flexibility index (Phi) is 6.87. The molecule has 1 atom stereocenters. The van der Waals surface area contributed by atoms with E-state index in [9.17, 15) is 8.42 Å². The predicted molar refractivity (Wildman–Crippen MR) is 102 cm³/mol. The summed E-state index contributed by atoms with van der Waals surface area (Å²) >= 11 is 5.85. The standard InChI is InChI=1S/C19H24ClNO3S/c1-14(2)12-19(16-6-10-18(24-3)11-7-16)21-25(22,23)13-15-4-8-17(20)9-5-15/h4-11,14,19,21H,12-13H2,1-3H3/t19-/m1/s1. The van der Waals surface area contributed by atoms with Crippen molar-refractivity contribution >= 4 is 21.6 Å². The minimum absolute atomic E-state index is 0.0745. The quantitative estimate of drug-likeness (QED) is 0.729. The van der Waals surface area contributed by atoms with Crippen molar-refractivity contribution in [2.75, 3.05) is 7.11 Å². The number of benzene rings is 2. The Morgan fingerprint density at radius 3 is 2.16 bits per heavy atom. The third-order valence-corrected chi connectivity index (χ3v) is 5.43. The summed E-state index contributed by atoms with van der Waals surface area (Å²) in [5.41, 5.74) is 1.63. The largest absolute Gasteiger partial charge is 0.497 e. The van der Waals surface area contributed by atoms with Gasteiger partial charge in [0.2, 0.25) is 10.0 Å². The molecule has 0 fully saturated rings. The lowest BCUT2D eigenvalue weighted by Crippen LogP contribution is -2.30. The number of rotatable bonds is 8. The molecule has 0 unspecified atom stereocenters. The molecular formula is C19H24ClNO3S. The molecule has 0 aromatic heterocycles. The molecule has 1 N–H and O–H groups in total. The van der Waals surface area contributed by atoms with Crippen molar-refractivity contribution in [3.05, 3.63) is 64.7 Å². The number of halogens is 1. The monoisotopic (exact) mass is 381 g/mol. The molecule has 0 radical (unpaired) electrons. The topological polar surface area (TPSA) is 55.4 Å². The maximum absolute atomic E-state index is 12.6. The molecule has 0 aliphatic heterocycles. The highest BCUT2D eigenvalue weighted by Crippen LogP contribution is 2.25. The van der Waals surface area contributed by atoms with Gasteiger partial charge in [0, 0.05) is 11.1 Å². The first kappa shape index (κ1) is 19.8. The fourth-order valence-corrected chi connectivity index (χ4v) is 4.12. The minimum Gasteiger partial charge on any atom is -0.497 e. The molecule has 0 aliphatic carbocycles. The number of hydrogen-bond donors (Lipinski definition) is 1. The Labute approximate surface area is 155 Å². The van der Waals surface area contributed by atoms with Crippen LogP contribution < -0.4 is 9.46 Å². The van der Waals surface area contributed by atoms with Crippen molar-refractivity contribution < 1.29 is 13.2 Å². The molecule has 0 heterocycles. The van der Waals surface area contributed by atoms with E-state index in [1.807, 2.05) is 24.3 Å². The maximum Gasteiger partial charge on any atom is 0.216 e. The summed E-state index contributed by atoms with van der Waals surface area (Å²) in [6.07, 6.45) is 0.714. The van der Waals surface area contributed by atoms with Crippen LogP contribution in [0.5, 0.6) is 5.75 Å². The van der Waals surface area contributed by atoms with Gasteiger partial charge in [-0.2, -0.15) is 0 Å². The summed E-state index contributed by atoms with van der Waals surface area (Å²) in [4.78, 5) is 0. The number of ether oxygens (including phenoxy) is 1. The van der Waals surface area contributed by atoms with Gasteiger partial charge in [-0.3, -0.25) is 0 Å². The molecule has 4 nitrogen and oxygen atoms in total. The first-order valence-corrected chi connectivity index (χ1v) is 10.2. The summed E-state index contributed by atoms with van der Waals surface area (Å²) < 4.78 is 33.2. The molecule has 0 amide bonds. The average molecular weight is 382 g/mol. The summed E-state index contributed by atoms with van der Waals surface area (Å²) in [6.45, 7) is 4.15. The highest BCUT2D eigenvalue weighted by atomic mass is 35.5. The second-order valence-electron chi connectivity index (χ2n) is 6.46. The molecule has 0 spiro atoms. The summed E-state index contributed by atoms with van der Waals surface area (Å²) in [5, 5.41) is 0.588. The fourth-order valence-electron chi connectivity index (χ4n) is 2.62. The van der Waals surface area contributed by atoms with Crippen LogP contribution in [0.4, 0.5) is 0 Å². The second-order valence-corrected chi connectivity index (χ2v) is 8.65. The highest BCUT2D eigenvalue weighted by molar-refractivity contribution is 7.88. The third-order valence-electron chi connectivity index (χ3n) is 3.82. The Balaban J connectivity index is 2.17. The van der Waals surface area contributed by atoms with Gasteiger partial charge < -0.3 is 4.74 Å². The van der Waals surface area contributed by atoms with E-state index in [1.54, 1.807) is 31.4 Å². The van der Waals surface area contributed by atoms with Crippen molar-refractivity contribution in [2.45, 2.75) is 32.1 Å². The van der Waals surface area contributed by atoms with E-state index in [1.165, 1.54) is 0 Å². The van der Waals surface area contributed by atoms with E-state index < -0.39 is 10.0 Å². The van der Waals surface area contributed by atoms with E-state index in [-0.39, 0.29) is 11.8 Å². The van der Waals surface area contributed by atoms with Crippen molar-refractivity contribution in [1.82, 2.24) is 4.72 Å². The van der Waals surface area contributed by atoms with Crippen LogP contribution in [-0.4, -0.2) is 15.5 Å². The zero-order valence-electron chi connectivity index (χ0n) is 14.7. The Bertz CT molecular complexity index is 771. The van der Waals surface area contributed by atoms with Crippen LogP contribution in [0.15, 0.2) is 48.5 Å². The van der Waals surface area contributed by atoms with Crippen molar-refractivity contribution in [2.24, 2.45) is 5.92 Å². The van der Waals surface area contributed by atoms with Crippen LogP contribution in [0.1, 0.15) is 37.4 Å². The number of nitrogens with one attached hydrogen (secondary N) is 1. The van der Waals surface area contributed by atoms with Crippen molar-refractivity contribution in [1.29, 1.82) is 0 Å². The van der Waals surface area contributed by atoms with Crippen LogP contribution in [0.2, 0.25) is 5.02 Å². The normalized spacial score (nSPS) is 13.0. The Hall–Kier alpha value is -1.56. The molecular weight excluding hydrogens is 358 g/mol. The van der Waals surface area contributed by atoms with Gasteiger partial charge in [0.25, 0.3) is 0 Å². The van der Waals surface area contributed by atoms with Crippen LogP contribution in [-0.2, 0) is 15.8 Å². The maximum atomic E-state index is 12.6. The predicted octanol–water partition coefficient (Wildman–Crippen LogP) is 4.56. The van der Waals surface area contributed by atoms with E-state index in [2.05, 4.69) is 18.6 Å². The summed E-state index contributed by atoms with van der Waals surface area (Å²) in [6, 6.07) is 14.1. The highest BCUT2D eigenvalue weighted by Gasteiger charge is 2.21. The summed E-state index contributed by atoms with van der Waals surface area (Å²) in [5.74, 6) is 1.02. The molecule has 25 heavy (non-hydrogen) atoms. The molecule has 2 rings (SSSR count). The fraction of sp³-hybridized carbons (Fsp3) is 0.368. The van der Waals surface area contributed by atoms with E-state index in [0.717, 1.165) is 11.3 Å². The van der Waals surface area contributed by atoms with Crippen molar-refractivity contribution in [3.8, 4) is 5.75 Å². The molecule has 136 valence electrons. The van der Waals surface area contributed by atoms with Gasteiger partial charge >= 0.3 is 0 Å². The lowest BCUT2D eigenvalue weighted by molar-refractivity contribution is 0.414. The Morgan fingerprint density at radius 1 is 1.04 bits per heavy atom. The van der Waals surface area contributed by atoms with Gasteiger partial charge in [0.05, 0.1) is 12.9 Å². The average Bonchev–Trinajstić information content (AvgIpc) is 2.55. The van der Waals surface area contributed by atoms with Gasteiger partial charge in [-0.05, 0) is 47.7 Å². The molecule has 6 heteroatoms. The number of sulfonamides is 1. The zero-order chi connectivity index (χ0) is 18.4. The molecule has 0 aliphatic rings. The van der Waals surface area contributed by atoms with Crippen LogP contribution in [0, 0.1) is 5.92 Å². The van der Waals surface area contributed by atoms with Gasteiger partial charge in [-0.1, -0.05) is 49.7 Å². The van der Waals surface area contributed by atoms with Crippen LogP contribution in [0.25, 0.3) is 0 Å². The van der Waals surface area contributed by atoms with Gasteiger partial charge in [0.1, 0.15) is 5.75 Å².